The van der Waals surface area contributed by atoms with E-state index in [1.807, 2.05) is 30.3 Å². The molecule has 30 heavy (non-hydrogen) atoms. The highest BCUT2D eigenvalue weighted by Gasteiger charge is 2.36. The molecule has 0 spiro atoms. The molecule has 0 atom stereocenters. The molecule has 0 aliphatic carbocycles. The average Bonchev–Trinajstić information content (AvgIpc) is 3.06. The lowest BCUT2D eigenvalue weighted by atomic mass is 10.1. The first-order valence-electron chi connectivity index (χ1n) is 10.3. The van der Waals surface area contributed by atoms with Gasteiger partial charge in [0.1, 0.15) is 0 Å². The fourth-order valence-corrected chi connectivity index (χ4v) is 4.24. The maximum atomic E-state index is 12.7. The van der Waals surface area contributed by atoms with Crippen LogP contribution in [0.15, 0.2) is 78.9 Å². The first kappa shape index (κ1) is 18.6. The van der Waals surface area contributed by atoms with E-state index in [9.17, 15) is 9.59 Å². The Morgan fingerprint density at radius 1 is 0.600 bits per heavy atom. The topological polar surface area (TPSA) is 43.9 Å². The Morgan fingerprint density at radius 2 is 1.13 bits per heavy atom. The van der Waals surface area contributed by atoms with Crippen LogP contribution in [0.2, 0.25) is 0 Å². The first-order valence-corrected chi connectivity index (χ1v) is 10.3. The Hall–Kier alpha value is -3.44. The van der Waals surface area contributed by atoms with Gasteiger partial charge in [-0.15, -0.1) is 0 Å². The SMILES string of the molecule is O=C1c2ccccc2C(=O)N1c1ccc(N2CCN(Cc3ccccc3)CC2)cc1. The molecule has 2 amide bonds. The van der Waals surface area contributed by atoms with Crippen LogP contribution in [0.1, 0.15) is 26.3 Å². The molecule has 0 aromatic heterocycles. The summed E-state index contributed by atoms with van der Waals surface area (Å²) in [6, 6.07) is 25.3. The van der Waals surface area contributed by atoms with Gasteiger partial charge in [-0.1, -0.05) is 42.5 Å². The lowest BCUT2D eigenvalue weighted by molar-refractivity contribution is 0.0926. The van der Waals surface area contributed by atoms with Crippen LogP contribution in [0.25, 0.3) is 0 Å². The van der Waals surface area contributed by atoms with Gasteiger partial charge in [0, 0.05) is 38.4 Å². The Balaban J connectivity index is 1.24. The maximum Gasteiger partial charge on any atom is 0.266 e. The number of carbonyl (C=O) groups is 2. The zero-order valence-electron chi connectivity index (χ0n) is 16.7. The van der Waals surface area contributed by atoms with Crippen molar-refractivity contribution in [1.82, 2.24) is 4.90 Å². The molecule has 5 heteroatoms. The minimum absolute atomic E-state index is 0.252. The monoisotopic (exact) mass is 397 g/mol. The molecule has 2 aliphatic heterocycles. The van der Waals surface area contributed by atoms with E-state index in [0.717, 1.165) is 38.4 Å². The molecule has 2 aliphatic rings. The summed E-state index contributed by atoms with van der Waals surface area (Å²) in [5.74, 6) is -0.504. The standard InChI is InChI=1S/C25H23N3O2/c29-24-22-8-4-5-9-23(22)25(30)28(24)21-12-10-20(11-13-21)27-16-14-26(15-17-27)18-19-6-2-1-3-7-19/h1-13H,14-18H2. The smallest absolute Gasteiger partial charge is 0.266 e. The average molecular weight is 397 g/mol. The van der Waals surface area contributed by atoms with E-state index < -0.39 is 0 Å². The summed E-state index contributed by atoms with van der Waals surface area (Å²) in [5.41, 5.74) is 4.03. The third kappa shape index (κ3) is 3.37. The summed E-state index contributed by atoms with van der Waals surface area (Å²) in [4.78, 5) is 31.4. The van der Waals surface area contributed by atoms with Crippen molar-refractivity contribution in [2.45, 2.75) is 6.54 Å². The Morgan fingerprint density at radius 3 is 1.73 bits per heavy atom. The zero-order valence-corrected chi connectivity index (χ0v) is 16.7. The Kier molecular flexibility index (Phi) is 4.81. The van der Waals surface area contributed by atoms with E-state index in [1.54, 1.807) is 24.3 Å². The van der Waals surface area contributed by atoms with Crippen LogP contribution in [0.3, 0.4) is 0 Å². The minimum atomic E-state index is -0.252. The lowest BCUT2D eigenvalue weighted by Crippen LogP contribution is -2.45. The van der Waals surface area contributed by atoms with Crippen molar-refractivity contribution in [1.29, 1.82) is 0 Å². The van der Waals surface area contributed by atoms with E-state index >= 15 is 0 Å². The molecule has 2 heterocycles. The molecule has 3 aromatic carbocycles. The van der Waals surface area contributed by atoms with Gasteiger partial charge in [0.05, 0.1) is 16.8 Å². The van der Waals surface area contributed by atoms with Crippen molar-refractivity contribution in [2.75, 3.05) is 36.0 Å². The predicted molar refractivity (Wildman–Crippen MR) is 118 cm³/mol. The molecule has 0 unspecified atom stereocenters. The zero-order chi connectivity index (χ0) is 20.5. The molecule has 5 rings (SSSR count). The van der Waals surface area contributed by atoms with Crippen LogP contribution in [0.5, 0.6) is 0 Å². The van der Waals surface area contributed by atoms with Crippen LogP contribution in [0.4, 0.5) is 11.4 Å². The van der Waals surface area contributed by atoms with Gasteiger partial charge in [-0.25, -0.2) is 4.90 Å². The van der Waals surface area contributed by atoms with Crippen LogP contribution in [0, 0.1) is 0 Å². The number of hydrogen-bond acceptors (Lipinski definition) is 4. The van der Waals surface area contributed by atoms with Crippen LogP contribution in [-0.4, -0.2) is 42.9 Å². The Bertz CT molecular complexity index is 1040. The van der Waals surface area contributed by atoms with Gasteiger partial charge in [0.15, 0.2) is 0 Å². The van der Waals surface area contributed by atoms with E-state index in [-0.39, 0.29) is 11.8 Å². The molecule has 0 radical (unpaired) electrons. The summed E-state index contributed by atoms with van der Waals surface area (Å²) in [7, 11) is 0. The molecule has 0 bridgehead atoms. The first-order chi connectivity index (χ1) is 14.7. The maximum absolute atomic E-state index is 12.7. The number of piperazine rings is 1. The number of rotatable bonds is 4. The normalized spacial score (nSPS) is 16.8. The van der Waals surface area contributed by atoms with Crippen LogP contribution in [-0.2, 0) is 6.54 Å². The fraction of sp³-hybridized carbons (Fsp3) is 0.200. The number of hydrogen-bond donors (Lipinski definition) is 0. The van der Waals surface area contributed by atoms with Crippen molar-refractivity contribution < 1.29 is 9.59 Å². The van der Waals surface area contributed by atoms with Crippen molar-refractivity contribution >= 4 is 23.2 Å². The number of anilines is 2. The third-order valence-electron chi connectivity index (χ3n) is 5.89. The van der Waals surface area contributed by atoms with Gasteiger partial charge in [-0.05, 0) is 42.0 Å². The Labute approximate surface area is 176 Å². The number of nitrogens with zero attached hydrogens (tertiary/aromatic N) is 3. The third-order valence-corrected chi connectivity index (χ3v) is 5.89. The number of carbonyl (C=O) groups excluding carboxylic acids is 2. The van der Waals surface area contributed by atoms with E-state index in [2.05, 4.69) is 34.1 Å². The largest absolute Gasteiger partial charge is 0.369 e. The van der Waals surface area contributed by atoms with Crippen LogP contribution >= 0.6 is 0 Å². The van der Waals surface area contributed by atoms with E-state index in [4.69, 9.17) is 0 Å². The minimum Gasteiger partial charge on any atom is -0.369 e. The number of benzene rings is 3. The number of amides is 2. The molecule has 0 N–H and O–H groups in total. The summed E-state index contributed by atoms with van der Waals surface area (Å²) in [5, 5.41) is 0. The second kappa shape index (κ2) is 7.76. The molecule has 1 saturated heterocycles. The molecular weight excluding hydrogens is 374 g/mol. The van der Waals surface area contributed by atoms with Gasteiger partial charge in [-0.3, -0.25) is 14.5 Å². The second-order valence-electron chi connectivity index (χ2n) is 7.76. The van der Waals surface area contributed by atoms with E-state index in [1.165, 1.54) is 10.5 Å². The fourth-order valence-electron chi connectivity index (χ4n) is 4.24. The van der Waals surface area contributed by atoms with Crippen LogP contribution < -0.4 is 9.80 Å². The van der Waals surface area contributed by atoms with Crippen molar-refractivity contribution in [3.63, 3.8) is 0 Å². The molecule has 3 aromatic rings. The van der Waals surface area contributed by atoms with Gasteiger partial charge < -0.3 is 4.90 Å². The number of imide groups is 1. The van der Waals surface area contributed by atoms with Crippen molar-refractivity contribution in [3.8, 4) is 0 Å². The number of fused-ring (bicyclic) bond motifs is 1. The van der Waals surface area contributed by atoms with Gasteiger partial charge >= 0.3 is 0 Å². The summed E-state index contributed by atoms with van der Waals surface area (Å²) in [6.07, 6.45) is 0. The highest BCUT2D eigenvalue weighted by Crippen LogP contribution is 2.30. The van der Waals surface area contributed by atoms with Gasteiger partial charge in [0.25, 0.3) is 11.8 Å². The summed E-state index contributed by atoms with van der Waals surface area (Å²) >= 11 is 0. The molecule has 150 valence electrons. The summed E-state index contributed by atoms with van der Waals surface area (Å²) in [6.45, 7) is 4.91. The molecule has 5 nitrogen and oxygen atoms in total. The lowest BCUT2D eigenvalue weighted by Gasteiger charge is -2.36. The highest BCUT2D eigenvalue weighted by molar-refractivity contribution is 6.34. The van der Waals surface area contributed by atoms with Gasteiger partial charge in [0.2, 0.25) is 0 Å². The molecule has 1 fully saturated rings. The van der Waals surface area contributed by atoms with Crippen molar-refractivity contribution in [3.05, 3.63) is 95.6 Å². The quantitative estimate of drug-likeness (QED) is 0.628. The molecular formula is C25H23N3O2. The highest BCUT2D eigenvalue weighted by atomic mass is 16.2. The van der Waals surface area contributed by atoms with Gasteiger partial charge in [-0.2, -0.15) is 0 Å². The van der Waals surface area contributed by atoms with Crippen molar-refractivity contribution in [2.24, 2.45) is 0 Å². The predicted octanol–water partition coefficient (Wildman–Crippen LogP) is 3.81. The van der Waals surface area contributed by atoms with E-state index in [0.29, 0.717) is 16.8 Å². The summed E-state index contributed by atoms with van der Waals surface area (Å²) < 4.78 is 0. The molecule has 0 saturated carbocycles. The second-order valence-corrected chi connectivity index (χ2v) is 7.76.